The summed E-state index contributed by atoms with van der Waals surface area (Å²) in [5.74, 6) is -0.527. The third-order valence-corrected chi connectivity index (χ3v) is 4.82. The predicted octanol–water partition coefficient (Wildman–Crippen LogP) is 2.98. The number of amides is 2. The highest BCUT2D eigenvalue weighted by Gasteiger charge is 2.27. The number of aromatic nitrogens is 2. The number of pyridine rings is 2. The van der Waals surface area contributed by atoms with Crippen molar-refractivity contribution in [3.63, 3.8) is 0 Å². The maximum atomic E-state index is 12.2. The number of primary amides is 1. The molecule has 0 unspecified atom stereocenters. The zero-order valence-corrected chi connectivity index (χ0v) is 17.7. The van der Waals surface area contributed by atoms with Crippen molar-refractivity contribution in [2.75, 3.05) is 18.4 Å². The van der Waals surface area contributed by atoms with Crippen molar-refractivity contribution in [2.45, 2.75) is 51.7 Å². The number of rotatable bonds is 5. The van der Waals surface area contributed by atoms with Gasteiger partial charge in [-0.3, -0.25) is 14.8 Å². The van der Waals surface area contributed by atoms with Gasteiger partial charge in [-0.2, -0.15) is 0 Å². The molecule has 3 heterocycles. The topological polar surface area (TPSA) is 110 Å². The molecule has 2 aromatic heterocycles. The second-order valence-corrected chi connectivity index (χ2v) is 8.47. The first-order valence-electron chi connectivity index (χ1n) is 10.1. The van der Waals surface area contributed by atoms with E-state index in [0.29, 0.717) is 30.8 Å². The van der Waals surface area contributed by atoms with Gasteiger partial charge >= 0.3 is 6.09 Å². The number of piperidine rings is 1. The summed E-state index contributed by atoms with van der Waals surface area (Å²) in [5.41, 5.74) is 7.75. The average Bonchev–Trinajstić information content (AvgIpc) is 2.68. The number of ether oxygens (including phenoxy) is 1. The van der Waals surface area contributed by atoms with Gasteiger partial charge in [0, 0.05) is 49.3 Å². The Morgan fingerprint density at radius 2 is 1.93 bits per heavy atom. The van der Waals surface area contributed by atoms with Gasteiger partial charge in [-0.25, -0.2) is 4.79 Å². The molecule has 1 saturated heterocycles. The summed E-state index contributed by atoms with van der Waals surface area (Å²) in [5, 5.41) is 3.42. The standard InChI is InChI=1S/C22H29N5O3/c1-22(2,3)30-21(29)27-10-7-15(8-11-27)26-19-13-17(25-14-18(19)20(23)28)12-16-6-4-5-9-24-16/h4-6,9,13-15H,7-8,10-12H2,1-3H3,(H2,23,28)(H,25,26). The molecule has 2 amide bonds. The second kappa shape index (κ2) is 9.11. The molecule has 2 aromatic rings. The molecule has 0 bridgehead atoms. The van der Waals surface area contributed by atoms with E-state index < -0.39 is 11.5 Å². The lowest BCUT2D eigenvalue weighted by Crippen LogP contribution is -2.44. The van der Waals surface area contributed by atoms with Gasteiger partial charge in [0.05, 0.1) is 11.3 Å². The van der Waals surface area contributed by atoms with Crippen LogP contribution >= 0.6 is 0 Å². The van der Waals surface area contributed by atoms with Crippen LogP contribution in [0.1, 0.15) is 55.4 Å². The van der Waals surface area contributed by atoms with Crippen molar-refractivity contribution >= 4 is 17.7 Å². The quantitative estimate of drug-likeness (QED) is 0.783. The van der Waals surface area contributed by atoms with Crippen LogP contribution in [-0.4, -0.2) is 51.6 Å². The lowest BCUT2D eigenvalue weighted by atomic mass is 10.0. The number of nitrogens with one attached hydrogen (secondary N) is 1. The first kappa shape index (κ1) is 21.5. The Hall–Kier alpha value is -3.16. The molecule has 8 nitrogen and oxygen atoms in total. The highest BCUT2D eigenvalue weighted by molar-refractivity contribution is 5.98. The predicted molar refractivity (Wildman–Crippen MR) is 114 cm³/mol. The number of carbonyl (C=O) groups is 2. The minimum Gasteiger partial charge on any atom is -0.444 e. The summed E-state index contributed by atoms with van der Waals surface area (Å²) in [4.78, 5) is 34.5. The van der Waals surface area contributed by atoms with Gasteiger partial charge in [-0.1, -0.05) is 6.07 Å². The molecule has 160 valence electrons. The van der Waals surface area contributed by atoms with Gasteiger partial charge in [-0.15, -0.1) is 0 Å². The van der Waals surface area contributed by atoms with Crippen LogP contribution in [0.4, 0.5) is 10.5 Å². The minimum absolute atomic E-state index is 0.117. The van der Waals surface area contributed by atoms with E-state index in [0.717, 1.165) is 24.2 Å². The summed E-state index contributed by atoms with van der Waals surface area (Å²) < 4.78 is 5.44. The third kappa shape index (κ3) is 5.92. The molecule has 0 aliphatic carbocycles. The number of nitrogens with zero attached hydrogens (tertiary/aromatic N) is 3. The Balaban J connectivity index is 1.66. The van der Waals surface area contributed by atoms with Crippen LogP contribution in [0.3, 0.4) is 0 Å². The first-order valence-corrected chi connectivity index (χ1v) is 10.1. The summed E-state index contributed by atoms with van der Waals surface area (Å²) in [6, 6.07) is 7.70. The van der Waals surface area contributed by atoms with E-state index in [-0.39, 0.29) is 12.1 Å². The van der Waals surface area contributed by atoms with Crippen molar-refractivity contribution in [1.82, 2.24) is 14.9 Å². The molecule has 1 aliphatic rings. The van der Waals surface area contributed by atoms with Gasteiger partial charge in [-0.05, 0) is 51.8 Å². The van der Waals surface area contributed by atoms with E-state index in [9.17, 15) is 9.59 Å². The van der Waals surface area contributed by atoms with Crippen molar-refractivity contribution < 1.29 is 14.3 Å². The molecule has 0 spiro atoms. The number of carbonyl (C=O) groups excluding carboxylic acids is 2. The summed E-state index contributed by atoms with van der Waals surface area (Å²) >= 11 is 0. The molecule has 1 fully saturated rings. The lowest BCUT2D eigenvalue weighted by Gasteiger charge is -2.34. The Morgan fingerprint density at radius 1 is 1.20 bits per heavy atom. The van der Waals surface area contributed by atoms with Crippen LogP contribution in [-0.2, 0) is 11.2 Å². The highest BCUT2D eigenvalue weighted by atomic mass is 16.6. The Morgan fingerprint density at radius 3 is 2.53 bits per heavy atom. The molecule has 0 saturated carbocycles. The molecule has 0 radical (unpaired) electrons. The molecular weight excluding hydrogens is 382 g/mol. The third-order valence-electron chi connectivity index (χ3n) is 4.82. The zero-order valence-electron chi connectivity index (χ0n) is 17.7. The largest absolute Gasteiger partial charge is 0.444 e. The monoisotopic (exact) mass is 411 g/mol. The lowest BCUT2D eigenvalue weighted by molar-refractivity contribution is 0.0210. The number of likely N-dealkylation sites (tertiary alicyclic amines) is 1. The summed E-state index contributed by atoms with van der Waals surface area (Å²) in [7, 11) is 0. The van der Waals surface area contributed by atoms with E-state index in [1.54, 1.807) is 11.1 Å². The van der Waals surface area contributed by atoms with Crippen molar-refractivity contribution in [3.05, 3.63) is 53.6 Å². The average molecular weight is 412 g/mol. The number of nitrogens with two attached hydrogens (primary N) is 1. The second-order valence-electron chi connectivity index (χ2n) is 8.47. The van der Waals surface area contributed by atoms with Crippen LogP contribution in [0.15, 0.2) is 36.7 Å². The van der Waals surface area contributed by atoms with E-state index in [1.165, 1.54) is 6.20 Å². The Labute approximate surface area is 176 Å². The fourth-order valence-electron chi connectivity index (χ4n) is 3.35. The van der Waals surface area contributed by atoms with Crippen LogP contribution in [0, 0.1) is 0 Å². The summed E-state index contributed by atoms with van der Waals surface area (Å²) in [6.45, 7) is 6.75. The Bertz CT molecular complexity index is 887. The number of anilines is 1. The summed E-state index contributed by atoms with van der Waals surface area (Å²) in [6.07, 6.45) is 5.01. The van der Waals surface area contributed by atoms with E-state index >= 15 is 0 Å². The van der Waals surface area contributed by atoms with Gasteiger partial charge in [0.1, 0.15) is 5.60 Å². The molecule has 3 rings (SSSR count). The van der Waals surface area contributed by atoms with Crippen LogP contribution in [0.2, 0.25) is 0 Å². The molecule has 30 heavy (non-hydrogen) atoms. The van der Waals surface area contributed by atoms with E-state index in [4.69, 9.17) is 10.5 Å². The fourth-order valence-corrected chi connectivity index (χ4v) is 3.35. The fraction of sp³-hybridized carbons (Fsp3) is 0.455. The van der Waals surface area contributed by atoms with Gasteiger partial charge in [0.25, 0.3) is 5.91 Å². The van der Waals surface area contributed by atoms with Crippen molar-refractivity contribution in [2.24, 2.45) is 5.73 Å². The smallest absolute Gasteiger partial charge is 0.410 e. The normalized spacial score (nSPS) is 15.0. The van der Waals surface area contributed by atoms with E-state index in [2.05, 4.69) is 15.3 Å². The van der Waals surface area contributed by atoms with Crippen LogP contribution in [0.25, 0.3) is 0 Å². The molecule has 0 atom stereocenters. The van der Waals surface area contributed by atoms with Gasteiger partial charge in [0.15, 0.2) is 0 Å². The maximum absolute atomic E-state index is 12.2. The molecular formula is C22H29N5O3. The molecule has 8 heteroatoms. The highest BCUT2D eigenvalue weighted by Crippen LogP contribution is 2.22. The van der Waals surface area contributed by atoms with Crippen molar-refractivity contribution in [3.8, 4) is 0 Å². The maximum Gasteiger partial charge on any atom is 0.410 e. The molecule has 0 aromatic carbocycles. The van der Waals surface area contributed by atoms with Crippen LogP contribution < -0.4 is 11.1 Å². The Kier molecular flexibility index (Phi) is 6.54. The SMILES string of the molecule is CC(C)(C)OC(=O)N1CCC(Nc2cc(Cc3ccccn3)ncc2C(N)=O)CC1. The molecule has 3 N–H and O–H groups in total. The van der Waals surface area contributed by atoms with Crippen molar-refractivity contribution in [1.29, 1.82) is 0 Å². The zero-order chi connectivity index (χ0) is 21.7. The number of hydrogen-bond acceptors (Lipinski definition) is 6. The van der Waals surface area contributed by atoms with Gasteiger partial charge < -0.3 is 20.7 Å². The van der Waals surface area contributed by atoms with E-state index in [1.807, 2.05) is 45.0 Å². The van der Waals surface area contributed by atoms with Crippen LogP contribution in [0.5, 0.6) is 0 Å². The van der Waals surface area contributed by atoms with Gasteiger partial charge in [0.2, 0.25) is 0 Å². The first-order chi connectivity index (χ1) is 14.2. The minimum atomic E-state index is -0.527. The number of hydrogen-bond donors (Lipinski definition) is 2. The molecule has 1 aliphatic heterocycles.